The Morgan fingerprint density at radius 1 is 1.67 bits per heavy atom. The van der Waals surface area contributed by atoms with E-state index < -0.39 is 24.2 Å². The Balaban J connectivity index is 3.10. The van der Waals surface area contributed by atoms with Crippen molar-refractivity contribution in [2.24, 2.45) is 0 Å². The molecule has 0 N–H and O–H groups in total. The highest BCUT2D eigenvalue weighted by Crippen LogP contribution is 1.76. The summed E-state index contributed by atoms with van der Waals surface area (Å²) in [5.74, 6) is 0. The van der Waals surface area contributed by atoms with Gasteiger partial charge in [-0.25, -0.2) is 0 Å². The molecule has 0 unspecified atom stereocenters. The van der Waals surface area contributed by atoms with Crippen LogP contribution in [-0.4, -0.2) is 24.2 Å². The molecule has 0 saturated heterocycles. The van der Waals surface area contributed by atoms with Crippen molar-refractivity contribution in [3.05, 3.63) is 10.1 Å². The molecule has 0 aliphatic carbocycles. The summed E-state index contributed by atoms with van der Waals surface area (Å²) in [7, 11) is 0. The van der Waals surface area contributed by atoms with Crippen LogP contribution in [0.4, 0.5) is 4.79 Å². The topological polar surface area (TPSA) is 89.3 Å². The zero-order valence-corrected chi connectivity index (χ0v) is 4.40. The third-order valence-electron chi connectivity index (χ3n) is 0.494. The molecule has 0 amide bonds. The molecule has 1 radical (unpaired) electrons. The van der Waals surface area contributed by atoms with Gasteiger partial charge in [0.1, 0.15) is 0 Å². The number of rotatable bonds is 3. The van der Waals surface area contributed by atoms with E-state index in [0.29, 0.717) is 0 Å². The minimum atomic E-state index is -1.74. The fourth-order valence-corrected chi connectivity index (χ4v) is 0.204. The maximum absolute atomic E-state index is 9.49. The van der Waals surface area contributed by atoms with E-state index in [4.69, 9.17) is 0 Å². The first-order chi connectivity index (χ1) is 4.13. The molecule has 0 aliphatic heterocycles. The summed E-state index contributed by atoms with van der Waals surface area (Å²) in [6.45, 7) is -0.969. The van der Waals surface area contributed by atoms with Crippen molar-refractivity contribution in [1.29, 1.82) is 0 Å². The number of carbonyl (C=O) groups is 1. The monoisotopic (exact) mass is 134 g/mol. The SMILES string of the molecule is [O]C(=O)OCC[N+](=O)[O-]. The molecule has 0 fully saturated rings. The average molecular weight is 134 g/mol. The van der Waals surface area contributed by atoms with Crippen LogP contribution in [0.3, 0.4) is 0 Å². The standard InChI is InChI=1S/C3H4NO5/c5-3(6)9-2-1-4(7)8/h1-2H2. The minimum Gasteiger partial charge on any atom is -0.425 e. The first kappa shape index (κ1) is 7.67. The molecule has 0 rings (SSSR count). The van der Waals surface area contributed by atoms with Crippen molar-refractivity contribution in [3.8, 4) is 0 Å². The maximum Gasteiger partial charge on any atom is 0.550 e. The Bertz CT molecular complexity index is 107. The lowest BCUT2D eigenvalue weighted by atomic mass is 10.7. The molecule has 9 heavy (non-hydrogen) atoms. The van der Waals surface area contributed by atoms with Crippen LogP contribution in [0.5, 0.6) is 0 Å². The normalized spacial score (nSPS) is 8.44. The molecule has 6 nitrogen and oxygen atoms in total. The third kappa shape index (κ3) is 6.67. The average Bonchev–Trinajstić information content (AvgIpc) is 1.63. The predicted molar refractivity (Wildman–Crippen MR) is 23.9 cm³/mol. The first-order valence-electron chi connectivity index (χ1n) is 2.08. The molecule has 6 heteroatoms. The van der Waals surface area contributed by atoms with Gasteiger partial charge in [-0.2, -0.15) is 9.90 Å². The van der Waals surface area contributed by atoms with Crippen LogP contribution < -0.4 is 0 Å². The van der Waals surface area contributed by atoms with Crippen molar-refractivity contribution in [1.82, 2.24) is 0 Å². The summed E-state index contributed by atoms with van der Waals surface area (Å²) in [4.78, 5) is 18.2. The quantitative estimate of drug-likeness (QED) is 0.304. The molecule has 51 valence electrons. The molecule has 0 aromatic heterocycles. The van der Waals surface area contributed by atoms with Gasteiger partial charge < -0.3 is 4.74 Å². The van der Waals surface area contributed by atoms with Crippen molar-refractivity contribution in [3.63, 3.8) is 0 Å². The molecule has 0 aromatic carbocycles. The molecule has 0 saturated carbocycles. The molecule has 0 spiro atoms. The van der Waals surface area contributed by atoms with E-state index in [2.05, 4.69) is 4.74 Å². The summed E-state index contributed by atoms with van der Waals surface area (Å²) in [6.07, 6.45) is -1.74. The lowest BCUT2D eigenvalue weighted by Crippen LogP contribution is -2.11. The van der Waals surface area contributed by atoms with Gasteiger partial charge >= 0.3 is 6.16 Å². The summed E-state index contributed by atoms with van der Waals surface area (Å²) < 4.78 is 3.72. The van der Waals surface area contributed by atoms with E-state index in [9.17, 15) is 20.0 Å². The number of ether oxygens (including phenoxy) is 1. The highest BCUT2D eigenvalue weighted by molar-refractivity contribution is 5.56. The van der Waals surface area contributed by atoms with Gasteiger partial charge in [0.15, 0.2) is 6.61 Å². The van der Waals surface area contributed by atoms with Crippen LogP contribution >= 0.6 is 0 Å². The van der Waals surface area contributed by atoms with E-state index in [0.717, 1.165) is 0 Å². The van der Waals surface area contributed by atoms with E-state index in [1.54, 1.807) is 0 Å². The highest BCUT2D eigenvalue weighted by Gasteiger charge is 2.01. The zero-order valence-electron chi connectivity index (χ0n) is 4.40. The Labute approximate surface area is 50.2 Å². The number of nitrogens with zero attached hydrogens (tertiary/aromatic N) is 1. The fourth-order valence-electron chi connectivity index (χ4n) is 0.204. The predicted octanol–water partition coefficient (Wildman–Crippen LogP) is -0.170. The number of hydrogen-bond donors (Lipinski definition) is 0. The Hall–Kier alpha value is -1.33. The van der Waals surface area contributed by atoms with E-state index in [1.807, 2.05) is 0 Å². The second kappa shape index (κ2) is 3.65. The number of hydrogen-bond acceptors (Lipinski definition) is 4. The number of carbonyl (C=O) groups excluding carboxylic acids is 1. The van der Waals surface area contributed by atoms with Gasteiger partial charge in [-0.05, 0) is 0 Å². The van der Waals surface area contributed by atoms with Crippen molar-refractivity contribution in [2.75, 3.05) is 13.2 Å². The second-order valence-electron chi connectivity index (χ2n) is 1.15. The van der Waals surface area contributed by atoms with Crippen molar-refractivity contribution >= 4 is 6.16 Å². The molecule has 0 heterocycles. The first-order valence-corrected chi connectivity index (χ1v) is 2.08. The Kier molecular flexibility index (Phi) is 3.11. The van der Waals surface area contributed by atoms with Gasteiger partial charge in [-0.15, -0.1) is 0 Å². The number of nitro groups is 1. The fraction of sp³-hybridized carbons (Fsp3) is 0.667. The van der Waals surface area contributed by atoms with Crippen LogP contribution in [0.25, 0.3) is 0 Å². The van der Waals surface area contributed by atoms with E-state index in [1.165, 1.54) is 0 Å². The largest absolute Gasteiger partial charge is 0.550 e. The zero-order chi connectivity index (χ0) is 7.28. The van der Waals surface area contributed by atoms with Crippen LogP contribution in [0.15, 0.2) is 0 Å². The van der Waals surface area contributed by atoms with Crippen molar-refractivity contribution in [2.45, 2.75) is 0 Å². The maximum atomic E-state index is 9.49. The van der Waals surface area contributed by atoms with Crippen LogP contribution in [0.1, 0.15) is 0 Å². The van der Waals surface area contributed by atoms with Crippen LogP contribution in [-0.2, 0) is 9.84 Å². The van der Waals surface area contributed by atoms with E-state index >= 15 is 0 Å². The highest BCUT2D eigenvalue weighted by atomic mass is 16.7. The van der Waals surface area contributed by atoms with Gasteiger partial charge in [0, 0.05) is 4.92 Å². The lowest BCUT2D eigenvalue weighted by Gasteiger charge is -1.90. The summed E-state index contributed by atoms with van der Waals surface area (Å²) in [6, 6.07) is 0. The Morgan fingerprint density at radius 3 is 2.56 bits per heavy atom. The second-order valence-corrected chi connectivity index (χ2v) is 1.15. The molecule has 0 aromatic rings. The third-order valence-corrected chi connectivity index (χ3v) is 0.494. The van der Waals surface area contributed by atoms with Crippen LogP contribution in [0, 0.1) is 10.1 Å². The van der Waals surface area contributed by atoms with Gasteiger partial charge in [-0.1, -0.05) is 0 Å². The molecular formula is C3H4NO5. The van der Waals surface area contributed by atoms with Crippen molar-refractivity contribution < 1.29 is 19.6 Å². The summed E-state index contributed by atoms with van der Waals surface area (Å²) in [5, 5.41) is 18.9. The van der Waals surface area contributed by atoms with Gasteiger partial charge in [0.05, 0.1) is 0 Å². The van der Waals surface area contributed by atoms with Gasteiger partial charge in [0.25, 0.3) is 0 Å². The molecular weight excluding hydrogens is 130 g/mol. The summed E-state index contributed by atoms with van der Waals surface area (Å²) in [5.41, 5.74) is 0. The summed E-state index contributed by atoms with van der Waals surface area (Å²) >= 11 is 0. The van der Waals surface area contributed by atoms with Crippen LogP contribution in [0.2, 0.25) is 0 Å². The lowest BCUT2D eigenvalue weighted by molar-refractivity contribution is -0.482. The molecule has 0 atom stereocenters. The molecule has 0 bridgehead atoms. The van der Waals surface area contributed by atoms with E-state index in [-0.39, 0.29) is 0 Å². The Morgan fingerprint density at radius 2 is 2.22 bits per heavy atom. The van der Waals surface area contributed by atoms with Gasteiger partial charge in [-0.3, -0.25) is 10.1 Å². The minimum absolute atomic E-state index is 0.449. The van der Waals surface area contributed by atoms with Gasteiger partial charge in [0.2, 0.25) is 6.54 Å². The molecule has 0 aliphatic rings. The smallest absolute Gasteiger partial charge is 0.425 e.